The summed E-state index contributed by atoms with van der Waals surface area (Å²) in [4.78, 5) is 14.7. The van der Waals surface area contributed by atoms with Gasteiger partial charge >= 0.3 is 0 Å². The fourth-order valence-electron chi connectivity index (χ4n) is 3.84. The van der Waals surface area contributed by atoms with Crippen molar-refractivity contribution in [3.8, 4) is 0 Å². The first kappa shape index (κ1) is 18.4. The van der Waals surface area contributed by atoms with E-state index >= 15 is 0 Å². The first-order valence-corrected chi connectivity index (χ1v) is 10.6. The average molecular weight is 385 g/mol. The Bertz CT molecular complexity index is 951. The van der Waals surface area contributed by atoms with Gasteiger partial charge in [-0.2, -0.15) is 5.10 Å². The summed E-state index contributed by atoms with van der Waals surface area (Å²) in [6, 6.07) is 0. The molecule has 0 atom stereocenters. The molecule has 1 aliphatic rings. The lowest BCUT2D eigenvalue weighted by atomic mass is 10.2. The molecule has 0 radical (unpaired) electrons. The first-order chi connectivity index (χ1) is 13.0. The Labute approximate surface area is 164 Å². The van der Waals surface area contributed by atoms with Gasteiger partial charge in [-0.05, 0) is 51.8 Å². The maximum atomic E-state index is 4.93. The molecule has 1 N–H and O–H groups in total. The largest absolute Gasteiger partial charge is 0.365 e. The second-order valence-corrected chi connectivity index (χ2v) is 8.62. The van der Waals surface area contributed by atoms with Gasteiger partial charge in [0.2, 0.25) is 0 Å². The third-order valence-electron chi connectivity index (χ3n) is 5.41. The Kier molecular flexibility index (Phi) is 5.14. The van der Waals surface area contributed by atoms with E-state index in [1.54, 1.807) is 11.3 Å². The standard InChI is InChI=1S/C20H28N6S/c1-5-16-15(11-25(4)24-16)10-21-19-18-13(2)14(3)27-20(18)23-17(22-19)12-26-8-6-7-9-26/h11H,5-10,12H2,1-4H3,(H,21,22,23). The summed E-state index contributed by atoms with van der Waals surface area (Å²) >= 11 is 1.77. The summed E-state index contributed by atoms with van der Waals surface area (Å²) in [5.41, 5.74) is 3.66. The van der Waals surface area contributed by atoms with E-state index in [9.17, 15) is 0 Å². The van der Waals surface area contributed by atoms with Crippen molar-refractivity contribution < 1.29 is 0 Å². The van der Waals surface area contributed by atoms with Gasteiger partial charge in [0.05, 0.1) is 17.6 Å². The van der Waals surface area contributed by atoms with Gasteiger partial charge in [-0.1, -0.05) is 6.92 Å². The van der Waals surface area contributed by atoms with Gasteiger partial charge in [0.25, 0.3) is 0 Å². The molecule has 3 aromatic rings. The van der Waals surface area contributed by atoms with Crippen LogP contribution in [0.15, 0.2) is 6.20 Å². The van der Waals surface area contributed by atoms with Crippen molar-refractivity contribution in [3.05, 3.63) is 33.7 Å². The van der Waals surface area contributed by atoms with Crippen LogP contribution in [-0.2, 0) is 26.6 Å². The van der Waals surface area contributed by atoms with E-state index in [-0.39, 0.29) is 0 Å². The van der Waals surface area contributed by atoms with Crippen LogP contribution >= 0.6 is 11.3 Å². The predicted molar refractivity (Wildman–Crippen MR) is 111 cm³/mol. The molecular weight excluding hydrogens is 356 g/mol. The highest BCUT2D eigenvalue weighted by atomic mass is 32.1. The SMILES string of the molecule is CCc1nn(C)cc1CNc1nc(CN2CCCC2)nc2sc(C)c(C)c12. The van der Waals surface area contributed by atoms with Crippen LogP contribution in [0.25, 0.3) is 10.2 Å². The maximum Gasteiger partial charge on any atom is 0.146 e. The third kappa shape index (κ3) is 3.71. The molecule has 0 unspecified atom stereocenters. The lowest BCUT2D eigenvalue weighted by Crippen LogP contribution is -2.20. The topological polar surface area (TPSA) is 58.9 Å². The normalized spacial score (nSPS) is 15.1. The Morgan fingerprint density at radius 1 is 1.19 bits per heavy atom. The minimum atomic E-state index is 0.737. The minimum absolute atomic E-state index is 0.737. The van der Waals surface area contributed by atoms with Gasteiger partial charge in [-0.25, -0.2) is 9.97 Å². The van der Waals surface area contributed by atoms with E-state index in [1.807, 2.05) is 11.7 Å². The quantitative estimate of drug-likeness (QED) is 0.700. The zero-order valence-electron chi connectivity index (χ0n) is 16.7. The number of hydrogen-bond acceptors (Lipinski definition) is 6. The highest BCUT2D eigenvalue weighted by molar-refractivity contribution is 7.18. The van der Waals surface area contributed by atoms with E-state index in [4.69, 9.17) is 9.97 Å². The molecule has 27 heavy (non-hydrogen) atoms. The Balaban J connectivity index is 1.66. The fourth-order valence-corrected chi connectivity index (χ4v) is 4.89. The number of aromatic nitrogens is 4. The van der Waals surface area contributed by atoms with Crippen LogP contribution in [0.1, 0.15) is 47.3 Å². The summed E-state index contributed by atoms with van der Waals surface area (Å²) < 4.78 is 1.89. The van der Waals surface area contributed by atoms with Gasteiger partial charge in [0.1, 0.15) is 16.5 Å². The third-order valence-corrected chi connectivity index (χ3v) is 6.51. The molecule has 0 aliphatic carbocycles. The molecule has 0 aromatic carbocycles. The summed E-state index contributed by atoms with van der Waals surface area (Å²) in [6.45, 7) is 10.4. The molecule has 0 spiro atoms. The van der Waals surface area contributed by atoms with Gasteiger partial charge < -0.3 is 5.32 Å². The molecule has 1 aliphatic heterocycles. The van der Waals surface area contributed by atoms with E-state index in [0.29, 0.717) is 0 Å². The van der Waals surface area contributed by atoms with Crippen molar-refractivity contribution in [2.75, 3.05) is 18.4 Å². The lowest BCUT2D eigenvalue weighted by Gasteiger charge is -2.15. The zero-order chi connectivity index (χ0) is 19.0. The number of likely N-dealkylation sites (tertiary alicyclic amines) is 1. The van der Waals surface area contributed by atoms with Crippen molar-refractivity contribution in [1.82, 2.24) is 24.6 Å². The molecule has 1 fully saturated rings. The highest BCUT2D eigenvalue weighted by Gasteiger charge is 2.18. The maximum absolute atomic E-state index is 4.93. The highest BCUT2D eigenvalue weighted by Crippen LogP contribution is 2.33. The summed E-state index contributed by atoms with van der Waals surface area (Å²) in [5, 5.41) is 9.32. The molecule has 144 valence electrons. The molecule has 0 amide bonds. The second kappa shape index (κ2) is 7.56. The smallest absolute Gasteiger partial charge is 0.146 e. The van der Waals surface area contributed by atoms with Crippen molar-refractivity contribution in [2.45, 2.75) is 53.1 Å². The van der Waals surface area contributed by atoms with E-state index in [2.05, 4.69) is 42.3 Å². The van der Waals surface area contributed by atoms with Gasteiger partial charge in [-0.15, -0.1) is 11.3 Å². The molecule has 6 nitrogen and oxygen atoms in total. The van der Waals surface area contributed by atoms with Crippen LogP contribution in [0.2, 0.25) is 0 Å². The van der Waals surface area contributed by atoms with Gasteiger partial charge in [0.15, 0.2) is 0 Å². The van der Waals surface area contributed by atoms with Crippen molar-refractivity contribution in [2.24, 2.45) is 7.05 Å². The zero-order valence-corrected chi connectivity index (χ0v) is 17.5. The number of thiophene rings is 1. The van der Waals surface area contributed by atoms with Crippen LogP contribution < -0.4 is 5.32 Å². The number of aryl methyl sites for hydroxylation is 4. The molecule has 3 aromatic heterocycles. The molecule has 1 saturated heterocycles. The average Bonchev–Trinajstić information content (AvgIpc) is 3.34. The van der Waals surface area contributed by atoms with Crippen molar-refractivity contribution in [3.63, 3.8) is 0 Å². The van der Waals surface area contributed by atoms with Crippen LogP contribution in [0.4, 0.5) is 5.82 Å². The van der Waals surface area contributed by atoms with Crippen LogP contribution in [-0.4, -0.2) is 37.7 Å². The van der Waals surface area contributed by atoms with Crippen molar-refractivity contribution >= 4 is 27.4 Å². The summed E-state index contributed by atoms with van der Waals surface area (Å²) in [5.74, 6) is 1.89. The molecule has 0 bridgehead atoms. The second-order valence-electron chi connectivity index (χ2n) is 7.42. The number of fused-ring (bicyclic) bond motifs is 1. The first-order valence-electron chi connectivity index (χ1n) is 9.79. The van der Waals surface area contributed by atoms with Crippen molar-refractivity contribution in [1.29, 1.82) is 0 Å². The van der Waals surface area contributed by atoms with E-state index in [0.717, 1.165) is 54.8 Å². The number of hydrogen-bond donors (Lipinski definition) is 1. The van der Waals surface area contributed by atoms with Crippen LogP contribution in [0.3, 0.4) is 0 Å². The summed E-state index contributed by atoms with van der Waals surface area (Å²) in [6.07, 6.45) is 5.60. The predicted octanol–water partition coefficient (Wildman–Crippen LogP) is 3.81. The van der Waals surface area contributed by atoms with Crippen LogP contribution in [0, 0.1) is 13.8 Å². The van der Waals surface area contributed by atoms with Gasteiger partial charge in [0, 0.05) is 30.2 Å². The number of nitrogens with zero attached hydrogens (tertiary/aromatic N) is 5. The van der Waals surface area contributed by atoms with Gasteiger partial charge in [-0.3, -0.25) is 9.58 Å². The molecule has 4 rings (SSSR count). The molecular formula is C20H28N6S. The Morgan fingerprint density at radius 2 is 1.96 bits per heavy atom. The Hall–Kier alpha value is -1.99. The number of nitrogens with one attached hydrogen (secondary N) is 1. The lowest BCUT2D eigenvalue weighted by molar-refractivity contribution is 0.323. The van der Waals surface area contributed by atoms with Crippen LogP contribution in [0.5, 0.6) is 0 Å². The summed E-state index contributed by atoms with van der Waals surface area (Å²) in [7, 11) is 1.98. The Morgan fingerprint density at radius 3 is 2.70 bits per heavy atom. The minimum Gasteiger partial charge on any atom is -0.365 e. The molecule has 7 heteroatoms. The van der Waals surface area contributed by atoms with E-state index < -0.39 is 0 Å². The monoisotopic (exact) mass is 384 g/mol. The number of anilines is 1. The molecule has 0 saturated carbocycles. The number of rotatable bonds is 6. The molecule has 4 heterocycles. The fraction of sp³-hybridized carbons (Fsp3) is 0.550. The van der Waals surface area contributed by atoms with E-state index in [1.165, 1.54) is 34.2 Å².